The summed E-state index contributed by atoms with van der Waals surface area (Å²) in [5.41, 5.74) is -0.686. The average molecular weight is 308 g/mol. The van der Waals surface area contributed by atoms with Gasteiger partial charge in [0.05, 0.1) is 5.60 Å². The third-order valence-corrected chi connectivity index (χ3v) is 3.14. The van der Waals surface area contributed by atoms with Crippen molar-refractivity contribution in [2.75, 3.05) is 0 Å². The fraction of sp³-hybridized carbons (Fsp3) is 0.364. The van der Waals surface area contributed by atoms with Crippen molar-refractivity contribution in [3.05, 3.63) is 33.3 Å². The second-order valence-electron chi connectivity index (χ2n) is 3.79. The molecule has 0 aliphatic rings. The molecule has 0 heterocycles. The second-order valence-corrected chi connectivity index (χ2v) is 5.11. The molecule has 0 aromatic heterocycles. The van der Waals surface area contributed by atoms with E-state index in [1.54, 1.807) is 25.1 Å². The lowest BCUT2D eigenvalue weighted by Gasteiger charge is -2.24. The highest BCUT2D eigenvalue weighted by Gasteiger charge is 2.26. The quantitative estimate of drug-likeness (QED) is 0.898. The lowest BCUT2D eigenvalue weighted by molar-refractivity contribution is -0.138. The van der Waals surface area contributed by atoms with Gasteiger partial charge in [-0.15, -0.1) is 0 Å². The molecule has 1 rings (SSSR count). The van der Waals surface area contributed by atoms with E-state index in [1.807, 2.05) is 0 Å². The van der Waals surface area contributed by atoms with Gasteiger partial charge >= 0.3 is 5.97 Å². The topological polar surface area (TPSA) is 57.5 Å². The second kappa shape index (κ2) is 5.17. The van der Waals surface area contributed by atoms with Gasteiger partial charge in [-0.25, -0.2) is 0 Å². The molecule has 0 saturated carbocycles. The van der Waals surface area contributed by atoms with Crippen LogP contribution in [0.3, 0.4) is 0 Å². The predicted octanol–water partition coefficient (Wildman–Crippen LogP) is 3.17. The molecule has 0 aliphatic carbocycles. The maximum absolute atomic E-state index is 10.5. The van der Waals surface area contributed by atoms with Gasteiger partial charge < -0.3 is 10.2 Å². The van der Waals surface area contributed by atoms with Crippen molar-refractivity contribution < 1.29 is 15.0 Å². The van der Waals surface area contributed by atoms with E-state index in [-0.39, 0.29) is 12.8 Å². The Labute approximate surface area is 107 Å². The first kappa shape index (κ1) is 13.5. The number of carboxylic acid groups (broad SMARTS) is 1. The minimum atomic E-state index is -1.23. The Hall–Kier alpha value is -0.580. The maximum atomic E-state index is 10.5. The highest BCUT2D eigenvalue weighted by atomic mass is 79.9. The number of hydrogen-bond donors (Lipinski definition) is 2. The van der Waals surface area contributed by atoms with Crippen molar-refractivity contribution in [1.29, 1.82) is 0 Å². The molecule has 0 amide bonds. The summed E-state index contributed by atoms with van der Waals surface area (Å²) in [5, 5.41) is 19.1. The molecule has 0 radical (unpaired) electrons. The number of aliphatic carboxylic acids is 1. The lowest BCUT2D eigenvalue weighted by Crippen LogP contribution is -2.22. The minimum absolute atomic E-state index is 0.0978. The summed E-state index contributed by atoms with van der Waals surface area (Å²) < 4.78 is 0.815. The Bertz CT molecular complexity index is 404. The molecule has 0 bridgehead atoms. The van der Waals surface area contributed by atoms with Crippen molar-refractivity contribution in [3.8, 4) is 0 Å². The summed E-state index contributed by atoms with van der Waals surface area (Å²) in [6, 6.07) is 5.12. The highest BCUT2D eigenvalue weighted by Crippen LogP contribution is 2.33. The first-order valence-corrected chi connectivity index (χ1v) is 5.90. The molecule has 88 valence electrons. The van der Waals surface area contributed by atoms with Crippen LogP contribution in [0.5, 0.6) is 0 Å². The van der Waals surface area contributed by atoms with Crippen LogP contribution in [-0.2, 0) is 10.4 Å². The standard InChI is InChI=1S/C11H12BrClO3/c1-11(16,5-4-10(14)15)8-3-2-7(12)6-9(8)13/h2-3,6,16H,4-5H2,1H3,(H,14,15). The van der Waals surface area contributed by atoms with E-state index in [9.17, 15) is 9.90 Å². The van der Waals surface area contributed by atoms with Gasteiger partial charge in [0.25, 0.3) is 0 Å². The van der Waals surface area contributed by atoms with Gasteiger partial charge in [-0.05, 0) is 25.5 Å². The average Bonchev–Trinajstić information content (AvgIpc) is 2.14. The molecule has 1 unspecified atom stereocenters. The van der Waals surface area contributed by atoms with E-state index in [1.165, 1.54) is 0 Å². The van der Waals surface area contributed by atoms with Gasteiger partial charge in [0.15, 0.2) is 0 Å². The lowest BCUT2D eigenvalue weighted by atomic mass is 9.91. The Balaban J connectivity index is 2.92. The molecule has 16 heavy (non-hydrogen) atoms. The fourth-order valence-electron chi connectivity index (χ4n) is 1.41. The van der Waals surface area contributed by atoms with E-state index in [4.69, 9.17) is 16.7 Å². The van der Waals surface area contributed by atoms with E-state index in [2.05, 4.69) is 15.9 Å². The molecular weight excluding hydrogens is 295 g/mol. The molecule has 3 nitrogen and oxygen atoms in total. The maximum Gasteiger partial charge on any atom is 0.303 e. The minimum Gasteiger partial charge on any atom is -0.481 e. The van der Waals surface area contributed by atoms with Crippen LogP contribution >= 0.6 is 27.5 Å². The number of rotatable bonds is 4. The zero-order valence-corrected chi connectivity index (χ0v) is 11.0. The molecule has 0 fully saturated rings. The monoisotopic (exact) mass is 306 g/mol. The summed E-state index contributed by atoms with van der Waals surface area (Å²) in [6.07, 6.45) is 0.0308. The van der Waals surface area contributed by atoms with Gasteiger partial charge in [0, 0.05) is 21.5 Å². The van der Waals surface area contributed by atoms with E-state index < -0.39 is 11.6 Å². The van der Waals surface area contributed by atoms with E-state index >= 15 is 0 Å². The molecule has 1 aromatic rings. The molecule has 0 spiro atoms. The number of benzene rings is 1. The molecular formula is C11H12BrClO3. The van der Waals surface area contributed by atoms with Gasteiger partial charge in [0.1, 0.15) is 0 Å². The Morgan fingerprint density at radius 1 is 1.56 bits per heavy atom. The van der Waals surface area contributed by atoms with Crippen molar-refractivity contribution in [3.63, 3.8) is 0 Å². The third-order valence-electron chi connectivity index (χ3n) is 2.34. The molecule has 0 aliphatic heterocycles. The van der Waals surface area contributed by atoms with Crippen molar-refractivity contribution in [1.82, 2.24) is 0 Å². The SMILES string of the molecule is CC(O)(CCC(=O)O)c1ccc(Br)cc1Cl. The highest BCUT2D eigenvalue weighted by molar-refractivity contribution is 9.10. The largest absolute Gasteiger partial charge is 0.481 e. The van der Waals surface area contributed by atoms with Crippen molar-refractivity contribution in [2.24, 2.45) is 0 Å². The zero-order valence-electron chi connectivity index (χ0n) is 8.70. The summed E-state index contributed by atoms with van der Waals surface area (Å²) in [4.78, 5) is 10.5. The molecule has 5 heteroatoms. The van der Waals surface area contributed by atoms with E-state index in [0.29, 0.717) is 10.6 Å². The van der Waals surface area contributed by atoms with Crippen LogP contribution < -0.4 is 0 Å². The predicted molar refractivity (Wildman–Crippen MR) is 65.6 cm³/mol. The van der Waals surface area contributed by atoms with Crippen LogP contribution in [0.2, 0.25) is 5.02 Å². The summed E-state index contributed by atoms with van der Waals surface area (Å²) in [7, 11) is 0. The number of carbonyl (C=O) groups is 1. The smallest absolute Gasteiger partial charge is 0.303 e. The Kier molecular flexibility index (Phi) is 4.35. The van der Waals surface area contributed by atoms with Crippen LogP contribution in [0.15, 0.2) is 22.7 Å². The fourth-order valence-corrected chi connectivity index (χ4v) is 2.29. The van der Waals surface area contributed by atoms with Crippen LogP contribution in [-0.4, -0.2) is 16.2 Å². The van der Waals surface area contributed by atoms with Crippen LogP contribution in [0.1, 0.15) is 25.3 Å². The molecule has 1 atom stereocenters. The van der Waals surface area contributed by atoms with Crippen LogP contribution in [0, 0.1) is 0 Å². The first-order valence-electron chi connectivity index (χ1n) is 4.72. The van der Waals surface area contributed by atoms with Gasteiger partial charge in [-0.2, -0.15) is 0 Å². The molecule has 0 saturated heterocycles. The number of carboxylic acids is 1. The Morgan fingerprint density at radius 3 is 2.69 bits per heavy atom. The number of halogens is 2. The van der Waals surface area contributed by atoms with Crippen LogP contribution in [0.25, 0.3) is 0 Å². The zero-order chi connectivity index (χ0) is 12.3. The van der Waals surface area contributed by atoms with Crippen molar-refractivity contribution in [2.45, 2.75) is 25.4 Å². The Morgan fingerprint density at radius 2 is 2.19 bits per heavy atom. The molecule has 1 aromatic carbocycles. The normalized spacial score (nSPS) is 14.5. The van der Waals surface area contributed by atoms with Gasteiger partial charge in [-0.3, -0.25) is 4.79 Å². The number of hydrogen-bond acceptors (Lipinski definition) is 2. The third kappa shape index (κ3) is 3.47. The summed E-state index contributed by atoms with van der Waals surface area (Å²) >= 11 is 9.26. The van der Waals surface area contributed by atoms with Gasteiger partial charge in [-0.1, -0.05) is 33.6 Å². The van der Waals surface area contributed by atoms with E-state index in [0.717, 1.165) is 4.47 Å². The molecule has 2 N–H and O–H groups in total. The number of aliphatic hydroxyl groups is 1. The summed E-state index contributed by atoms with van der Waals surface area (Å²) in [5.74, 6) is -0.937. The van der Waals surface area contributed by atoms with Crippen LogP contribution in [0.4, 0.5) is 0 Å². The summed E-state index contributed by atoms with van der Waals surface area (Å²) in [6.45, 7) is 1.56. The first-order chi connectivity index (χ1) is 7.33. The van der Waals surface area contributed by atoms with Crippen molar-refractivity contribution >= 4 is 33.5 Å². The van der Waals surface area contributed by atoms with Gasteiger partial charge in [0.2, 0.25) is 0 Å².